The van der Waals surface area contributed by atoms with Crippen molar-refractivity contribution in [2.45, 2.75) is 83.5 Å². The zero-order valence-electron chi connectivity index (χ0n) is 18.8. The SMILES string of the molecule is CC1CCC(CCC2CCC(c3ccc(Cc4cc(N)cc(N)c4)cc3)CC2)CC1. The number of hydrogen-bond donors (Lipinski definition) is 2. The molecule has 4 N–H and O–H groups in total. The Morgan fingerprint density at radius 2 is 1.20 bits per heavy atom. The third kappa shape index (κ3) is 5.80. The van der Waals surface area contributed by atoms with Crippen LogP contribution in [0.1, 0.15) is 93.7 Å². The van der Waals surface area contributed by atoms with E-state index in [0.717, 1.165) is 41.5 Å². The first kappa shape index (κ1) is 21.3. The molecule has 2 saturated carbocycles. The predicted octanol–water partition coefficient (Wildman–Crippen LogP) is 7.32. The molecule has 162 valence electrons. The van der Waals surface area contributed by atoms with Crippen molar-refractivity contribution in [3.05, 3.63) is 59.2 Å². The lowest BCUT2D eigenvalue weighted by Crippen LogP contribution is -2.17. The number of nitrogens with two attached hydrogens (primary N) is 2. The van der Waals surface area contributed by atoms with Crippen molar-refractivity contribution in [3.8, 4) is 0 Å². The topological polar surface area (TPSA) is 52.0 Å². The Kier molecular flexibility index (Phi) is 7.02. The second-order valence-corrected chi connectivity index (χ2v) is 10.3. The fourth-order valence-corrected chi connectivity index (χ4v) is 5.86. The Labute approximate surface area is 183 Å². The summed E-state index contributed by atoms with van der Waals surface area (Å²) in [6, 6.07) is 15.2. The van der Waals surface area contributed by atoms with Crippen molar-refractivity contribution >= 4 is 11.4 Å². The van der Waals surface area contributed by atoms with Gasteiger partial charge in [-0.15, -0.1) is 0 Å². The van der Waals surface area contributed by atoms with E-state index in [0.29, 0.717) is 0 Å². The van der Waals surface area contributed by atoms with E-state index < -0.39 is 0 Å². The molecular formula is C28H40N2. The van der Waals surface area contributed by atoms with Crippen molar-refractivity contribution in [2.24, 2.45) is 17.8 Å². The molecule has 0 unspecified atom stereocenters. The summed E-state index contributed by atoms with van der Waals surface area (Å²) in [5.74, 6) is 3.75. The molecule has 2 aromatic rings. The van der Waals surface area contributed by atoms with Gasteiger partial charge in [-0.05, 0) is 90.7 Å². The molecule has 30 heavy (non-hydrogen) atoms. The summed E-state index contributed by atoms with van der Waals surface area (Å²) in [7, 11) is 0. The minimum Gasteiger partial charge on any atom is -0.399 e. The number of hydrogen-bond acceptors (Lipinski definition) is 2. The van der Waals surface area contributed by atoms with Crippen LogP contribution >= 0.6 is 0 Å². The quantitative estimate of drug-likeness (QED) is 0.495. The van der Waals surface area contributed by atoms with Crippen molar-refractivity contribution < 1.29 is 0 Å². The largest absolute Gasteiger partial charge is 0.399 e. The summed E-state index contributed by atoms with van der Waals surface area (Å²) in [6.07, 6.45) is 15.4. The third-order valence-electron chi connectivity index (χ3n) is 7.86. The number of rotatable bonds is 6. The lowest BCUT2D eigenvalue weighted by atomic mass is 9.74. The highest BCUT2D eigenvalue weighted by atomic mass is 14.6. The highest BCUT2D eigenvalue weighted by Crippen LogP contribution is 2.39. The molecule has 2 aliphatic carbocycles. The van der Waals surface area contributed by atoms with Gasteiger partial charge in [0.25, 0.3) is 0 Å². The molecule has 2 heteroatoms. The minimum absolute atomic E-state index is 0.747. The number of anilines is 2. The average Bonchev–Trinajstić information content (AvgIpc) is 2.74. The van der Waals surface area contributed by atoms with Gasteiger partial charge in [0, 0.05) is 11.4 Å². The van der Waals surface area contributed by atoms with E-state index in [2.05, 4.69) is 31.2 Å². The average molecular weight is 405 g/mol. The van der Waals surface area contributed by atoms with Gasteiger partial charge in [0.2, 0.25) is 0 Å². The van der Waals surface area contributed by atoms with Gasteiger partial charge in [0.1, 0.15) is 0 Å². The van der Waals surface area contributed by atoms with Crippen LogP contribution in [0.4, 0.5) is 11.4 Å². The molecule has 0 saturated heterocycles. The zero-order chi connectivity index (χ0) is 20.9. The highest BCUT2D eigenvalue weighted by Gasteiger charge is 2.24. The van der Waals surface area contributed by atoms with Crippen molar-refractivity contribution in [3.63, 3.8) is 0 Å². The lowest BCUT2D eigenvalue weighted by Gasteiger charge is -2.31. The summed E-state index contributed by atoms with van der Waals surface area (Å²) in [5.41, 5.74) is 17.4. The molecule has 2 fully saturated rings. The van der Waals surface area contributed by atoms with Gasteiger partial charge < -0.3 is 11.5 Å². The Balaban J connectivity index is 1.23. The molecule has 0 heterocycles. The zero-order valence-corrected chi connectivity index (χ0v) is 18.8. The summed E-state index contributed by atoms with van der Waals surface area (Å²) in [6.45, 7) is 2.43. The van der Waals surface area contributed by atoms with E-state index in [4.69, 9.17) is 11.5 Å². The van der Waals surface area contributed by atoms with Gasteiger partial charge in [0.15, 0.2) is 0 Å². The summed E-state index contributed by atoms with van der Waals surface area (Å²) in [5, 5.41) is 0. The van der Waals surface area contributed by atoms with Gasteiger partial charge in [-0.1, -0.05) is 69.7 Å². The van der Waals surface area contributed by atoms with E-state index >= 15 is 0 Å². The predicted molar refractivity (Wildman–Crippen MR) is 130 cm³/mol. The number of nitrogen functional groups attached to an aromatic ring is 2. The summed E-state index contributed by atoms with van der Waals surface area (Å²) >= 11 is 0. The third-order valence-corrected chi connectivity index (χ3v) is 7.86. The van der Waals surface area contributed by atoms with Gasteiger partial charge in [-0.25, -0.2) is 0 Å². The fourth-order valence-electron chi connectivity index (χ4n) is 5.86. The van der Waals surface area contributed by atoms with Crippen LogP contribution in [0, 0.1) is 17.8 Å². The van der Waals surface area contributed by atoms with Gasteiger partial charge in [0.05, 0.1) is 0 Å². The summed E-state index contributed by atoms with van der Waals surface area (Å²) in [4.78, 5) is 0. The maximum Gasteiger partial charge on any atom is 0.0337 e. The van der Waals surface area contributed by atoms with Gasteiger partial charge >= 0.3 is 0 Å². The van der Waals surface area contributed by atoms with Crippen LogP contribution in [0.2, 0.25) is 0 Å². The van der Waals surface area contributed by atoms with E-state index in [-0.39, 0.29) is 0 Å². The van der Waals surface area contributed by atoms with Crippen molar-refractivity contribution in [2.75, 3.05) is 11.5 Å². The monoisotopic (exact) mass is 404 g/mol. The molecule has 2 aliphatic rings. The smallest absolute Gasteiger partial charge is 0.0337 e. The lowest BCUT2D eigenvalue weighted by molar-refractivity contribution is 0.237. The molecule has 0 aliphatic heterocycles. The Bertz CT molecular complexity index is 774. The van der Waals surface area contributed by atoms with Crippen LogP contribution in [0.3, 0.4) is 0 Å². The second-order valence-electron chi connectivity index (χ2n) is 10.3. The molecule has 4 rings (SSSR count). The van der Waals surface area contributed by atoms with Crippen LogP contribution in [-0.2, 0) is 6.42 Å². The Hall–Kier alpha value is -1.96. The van der Waals surface area contributed by atoms with Crippen molar-refractivity contribution in [1.29, 1.82) is 0 Å². The van der Waals surface area contributed by atoms with Crippen LogP contribution < -0.4 is 11.5 Å². The Morgan fingerprint density at radius 3 is 1.77 bits per heavy atom. The maximum atomic E-state index is 5.94. The molecule has 0 amide bonds. The van der Waals surface area contributed by atoms with Gasteiger partial charge in [-0.3, -0.25) is 0 Å². The second kappa shape index (κ2) is 9.90. The molecule has 0 atom stereocenters. The molecule has 0 radical (unpaired) electrons. The number of benzene rings is 2. The molecule has 0 aromatic heterocycles. The molecule has 2 nitrogen and oxygen atoms in total. The first-order valence-electron chi connectivity index (χ1n) is 12.3. The van der Waals surface area contributed by atoms with Crippen LogP contribution in [0.5, 0.6) is 0 Å². The first-order chi connectivity index (χ1) is 14.5. The van der Waals surface area contributed by atoms with Crippen LogP contribution in [0.15, 0.2) is 42.5 Å². The standard InChI is InChI=1S/C28H40N2/c1-20-2-4-21(5-3-20)6-7-22-8-12-25(13-9-22)26-14-10-23(11-15-26)16-24-17-27(29)19-28(30)18-24/h10-11,14-15,17-22,25H,2-9,12-13,16,29-30H2,1H3. The van der Waals surface area contributed by atoms with E-state index in [1.807, 2.05) is 18.2 Å². The van der Waals surface area contributed by atoms with Crippen molar-refractivity contribution in [1.82, 2.24) is 0 Å². The molecule has 0 bridgehead atoms. The maximum absolute atomic E-state index is 5.94. The summed E-state index contributed by atoms with van der Waals surface area (Å²) < 4.78 is 0. The van der Waals surface area contributed by atoms with Crippen LogP contribution in [0.25, 0.3) is 0 Å². The van der Waals surface area contributed by atoms with E-state index in [1.165, 1.54) is 80.9 Å². The first-order valence-corrected chi connectivity index (χ1v) is 12.3. The fraction of sp³-hybridized carbons (Fsp3) is 0.571. The Morgan fingerprint density at radius 1 is 0.667 bits per heavy atom. The van der Waals surface area contributed by atoms with Gasteiger partial charge in [-0.2, -0.15) is 0 Å². The molecular weight excluding hydrogens is 364 g/mol. The molecule has 2 aromatic carbocycles. The minimum atomic E-state index is 0.747. The van der Waals surface area contributed by atoms with E-state index in [1.54, 1.807) is 0 Å². The highest BCUT2D eigenvalue weighted by molar-refractivity contribution is 5.55. The normalized spacial score (nSPS) is 27.1. The molecule has 0 spiro atoms. The van der Waals surface area contributed by atoms with Crippen LogP contribution in [-0.4, -0.2) is 0 Å². The van der Waals surface area contributed by atoms with E-state index in [9.17, 15) is 0 Å².